The first kappa shape index (κ1) is 12.7. The Bertz CT molecular complexity index is 660. The summed E-state index contributed by atoms with van der Waals surface area (Å²) in [6.07, 6.45) is 2.35. The molecule has 0 unspecified atom stereocenters. The smallest absolute Gasteiger partial charge is 0.401 e. The van der Waals surface area contributed by atoms with Gasteiger partial charge in [-0.1, -0.05) is 12.1 Å². The van der Waals surface area contributed by atoms with Crippen molar-refractivity contribution < 1.29 is 18.5 Å². The van der Waals surface area contributed by atoms with Gasteiger partial charge in [-0.15, -0.1) is 0 Å². The maximum Gasteiger partial charge on any atom is 0.433 e. The van der Waals surface area contributed by atoms with E-state index >= 15 is 0 Å². The maximum absolute atomic E-state index is 13.3. The number of nitro groups is 1. The van der Waals surface area contributed by atoms with Crippen molar-refractivity contribution in [3.63, 3.8) is 0 Å². The van der Waals surface area contributed by atoms with Gasteiger partial charge in [0.05, 0.1) is 11.6 Å². The molecule has 2 aromatic rings. The fourth-order valence-corrected chi connectivity index (χ4v) is 1.44. The summed E-state index contributed by atoms with van der Waals surface area (Å²) < 4.78 is 18.1. The van der Waals surface area contributed by atoms with Crippen molar-refractivity contribution in [1.29, 1.82) is 0 Å². The van der Waals surface area contributed by atoms with Crippen molar-refractivity contribution in [2.45, 2.75) is 0 Å². The second kappa shape index (κ2) is 5.26. The van der Waals surface area contributed by atoms with Crippen LogP contribution in [0.1, 0.15) is 16.1 Å². The molecule has 0 amide bonds. The molecule has 0 saturated carbocycles. The number of hydrogen-bond donors (Lipinski definition) is 0. The van der Waals surface area contributed by atoms with Crippen LogP contribution in [0.25, 0.3) is 6.08 Å². The molecule has 0 fully saturated rings. The molecule has 1 heterocycles. The zero-order chi connectivity index (χ0) is 13.8. The van der Waals surface area contributed by atoms with Crippen LogP contribution in [-0.4, -0.2) is 10.7 Å². The summed E-state index contributed by atoms with van der Waals surface area (Å²) in [4.78, 5) is 21.4. The minimum atomic E-state index is -0.684. The third kappa shape index (κ3) is 2.92. The van der Waals surface area contributed by atoms with Gasteiger partial charge in [0.25, 0.3) is 0 Å². The second-order valence-corrected chi connectivity index (χ2v) is 3.61. The Morgan fingerprint density at radius 2 is 2.00 bits per heavy atom. The number of halogens is 1. The lowest BCUT2D eigenvalue weighted by atomic mass is 10.1. The van der Waals surface area contributed by atoms with Crippen molar-refractivity contribution >= 4 is 17.7 Å². The van der Waals surface area contributed by atoms with Crippen LogP contribution in [0.15, 0.2) is 46.9 Å². The first-order valence-electron chi connectivity index (χ1n) is 5.29. The van der Waals surface area contributed by atoms with Gasteiger partial charge in [0.15, 0.2) is 5.78 Å². The Morgan fingerprint density at radius 1 is 1.26 bits per heavy atom. The molecule has 0 spiro atoms. The molecule has 19 heavy (non-hydrogen) atoms. The number of furan rings is 1. The Morgan fingerprint density at radius 3 is 2.63 bits per heavy atom. The van der Waals surface area contributed by atoms with Crippen molar-refractivity contribution in [2.24, 2.45) is 0 Å². The van der Waals surface area contributed by atoms with E-state index in [0.29, 0.717) is 0 Å². The lowest BCUT2D eigenvalue weighted by Crippen LogP contribution is -1.97. The van der Waals surface area contributed by atoms with E-state index in [4.69, 9.17) is 4.42 Å². The van der Waals surface area contributed by atoms with Crippen molar-refractivity contribution in [2.75, 3.05) is 0 Å². The second-order valence-electron chi connectivity index (χ2n) is 3.61. The zero-order valence-corrected chi connectivity index (χ0v) is 9.58. The Hall–Kier alpha value is -2.76. The molecule has 0 N–H and O–H groups in total. The molecule has 0 saturated heterocycles. The Kier molecular flexibility index (Phi) is 3.51. The Balaban J connectivity index is 2.16. The first-order chi connectivity index (χ1) is 9.08. The highest BCUT2D eigenvalue weighted by molar-refractivity contribution is 6.06. The monoisotopic (exact) mass is 261 g/mol. The lowest BCUT2D eigenvalue weighted by Gasteiger charge is -1.96. The van der Waals surface area contributed by atoms with E-state index in [9.17, 15) is 19.3 Å². The summed E-state index contributed by atoms with van der Waals surface area (Å²) in [7, 11) is 0. The zero-order valence-electron chi connectivity index (χ0n) is 9.58. The molecule has 6 heteroatoms. The predicted octanol–water partition coefficient (Wildman–Crippen LogP) is 3.22. The number of carbonyl (C=O) groups excluding carboxylic acids is 1. The topological polar surface area (TPSA) is 73.3 Å². The van der Waals surface area contributed by atoms with Gasteiger partial charge in [0, 0.05) is 0 Å². The predicted molar refractivity (Wildman–Crippen MR) is 65.1 cm³/mol. The minimum Gasteiger partial charge on any atom is -0.401 e. The molecule has 96 valence electrons. The van der Waals surface area contributed by atoms with Gasteiger partial charge >= 0.3 is 5.88 Å². The molecule has 0 aliphatic carbocycles. The number of carbonyl (C=O) groups is 1. The minimum absolute atomic E-state index is 0.0696. The van der Waals surface area contributed by atoms with Crippen LogP contribution >= 0.6 is 0 Å². The molecular weight excluding hydrogens is 253 g/mol. The van der Waals surface area contributed by atoms with E-state index in [1.54, 1.807) is 6.07 Å². The van der Waals surface area contributed by atoms with Gasteiger partial charge in [0.2, 0.25) is 0 Å². The van der Waals surface area contributed by atoms with Crippen molar-refractivity contribution in [3.05, 3.63) is 69.7 Å². The number of ketones is 1. The van der Waals surface area contributed by atoms with Gasteiger partial charge < -0.3 is 4.42 Å². The largest absolute Gasteiger partial charge is 0.433 e. The van der Waals surface area contributed by atoms with E-state index in [2.05, 4.69) is 0 Å². The molecule has 2 rings (SSSR count). The average Bonchev–Trinajstić information content (AvgIpc) is 2.85. The molecule has 0 radical (unpaired) electrons. The SMILES string of the molecule is O=C(/C=C/c1ccc([N+](=O)[O-])o1)c1ccccc1F. The summed E-state index contributed by atoms with van der Waals surface area (Å²) in [5.74, 6) is -1.44. The number of benzene rings is 1. The molecule has 1 aromatic heterocycles. The Labute approximate surface area is 107 Å². The van der Waals surface area contributed by atoms with Gasteiger partial charge in [-0.05, 0) is 30.4 Å². The van der Waals surface area contributed by atoms with Crippen LogP contribution in [0.3, 0.4) is 0 Å². The van der Waals surface area contributed by atoms with Gasteiger partial charge in [0.1, 0.15) is 16.5 Å². The molecule has 0 aliphatic rings. The molecule has 0 bridgehead atoms. The van der Waals surface area contributed by atoms with Crippen LogP contribution in [0.4, 0.5) is 10.3 Å². The number of nitrogens with zero attached hydrogens (tertiary/aromatic N) is 1. The summed E-state index contributed by atoms with van der Waals surface area (Å²) >= 11 is 0. The normalized spacial score (nSPS) is 10.8. The summed E-state index contributed by atoms with van der Waals surface area (Å²) in [5, 5.41) is 10.4. The summed E-state index contributed by atoms with van der Waals surface area (Å²) in [6.45, 7) is 0. The number of allylic oxidation sites excluding steroid dienone is 1. The van der Waals surface area contributed by atoms with E-state index in [1.165, 1.54) is 36.4 Å². The van der Waals surface area contributed by atoms with Crippen molar-refractivity contribution in [3.8, 4) is 0 Å². The van der Waals surface area contributed by atoms with E-state index in [-0.39, 0.29) is 11.3 Å². The van der Waals surface area contributed by atoms with Crippen LogP contribution in [0.5, 0.6) is 0 Å². The van der Waals surface area contributed by atoms with Crippen LogP contribution in [0.2, 0.25) is 0 Å². The quantitative estimate of drug-likeness (QED) is 0.366. The van der Waals surface area contributed by atoms with Crippen LogP contribution in [0, 0.1) is 15.9 Å². The molecule has 0 aliphatic heterocycles. The highest BCUT2D eigenvalue weighted by Crippen LogP contribution is 2.17. The third-order valence-electron chi connectivity index (χ3n) is 2.33. The van der Waals surface area contributed by atoms with Crippen LogP contribution < -0.4 is 0 Å². The average molecular weight is 261 g/mol. The molecular formula is C13H8FNO4. The molecule has 0 atom stereocenters. The number of hydrogen-bond acceptors (Lipinski definition) is 4. The van der Waals surface area contributed by atoms with Gasteiger partial charge in [-0.2, -0.15) is 0 Å². The van der Waals surface area contributed by atoms with Gasteiger partial charge in [-0.25, -0.2) is 4.39 Å². The summed E-state index contributed by atoms with van der Waals surface area (Å²) in [5.41, 5.74) is -0.0696. The maximum atomic E-state index is 13.3. The van der Waals surface area contributed by atoms with E-state index in [0.717, 1.165) is 6.08 Å². The highest BCUT2D eigenvalue weighted by atomic mass is 19.1. The van der Waals surface area contributed by atoms with E-state index in [1.807, 2.05) is 0 Å². The fraction of sp³-hybridized carbons (Fsp3) is 0. The fourth-order valence-electron chi connectivity index (χ4n) is 1.44. The first-order valence-corrected chi connectivity index (χ1v) is 5.29. The summed E-state index contributed by atoms with van der Waals surface area (Å²) in [6, 6.07) is 8.08. The highest BCUT2D eigenvalue weighted by Gasteiger charge is 2.11. The lowest BCUT2D eigenvalue weighted by molar-refractivity contribution is -0.402. The van der Waals surface area contributed by atoms with E-state index < -0.39 is 22.4 Å². The van der Waals surface area contributed by atoms with Crippen LogP contribution in [-0.2, 0) is 0 Å². The number of rotatable bonds is 4. The molecule has 1 aromatic carbocycles. The standard InChI is InChI=1S/C13H8FNO4/c14-11-4-2-1-3-10(11)12(16)7-5-9-6-8-13(19-9)15(17)18/h1-8H/b7-5+. The van der Waals surface area contributed by atoms with Gasteiger partial charge in [-0.3, -0.25) is 14.9 Å². The third-order valence-corrected chi connectivity index (χ3v) is 2.33. The van der Waals surface area contributed by atoms with Crippen molar-refractivity contribution in [1.82, 2.24) is 0 Å². The molecule has 5 nitrogen and oxygen atoms in total.